The lowest BCUT2D eigenvalue weighted by atomic mass is 10.2. The molecule has 0 atom stereocenters. The Morgan fingerprint density at radius 2 is 1.81 bits per heavy atom. The van der Waals surface area contributed by atoms with Gasteiger partial charge in [-0.15, -0.1) is 0 Å². The fraction of sp³-hybridized carbons (Fsp3) is 0.250. The lowest BCUT2D eigenvalue weighted by Crippen LogP contribution is -2.27. The van der Waals surface area contributed by atoms with Crippen LogP contribution in [-0.4, -0.2) is 31.7 Å². The topological polar surface area (TPSA) is 66.5 Å². The number of sulfonamides is 1. The molecule has 1 amide bonds. The van der Waals surface area contributed by atoms with E-state index < -0.39 is 10.0 Å². The number of amides is 1. The number of halogens is 1. The van der Waals surface area contributed by atoms with Gasteiger partial charge in [0.15, 0.2) is 0 Å². The molecule has 0 aliphatic carbocycles. The van der Waals surface area contributed by atoms with E-state index in [0.717, 1.165) is 24.0 Å². The summed E-state index contributed by atoms with van der Waals surface area (Å²) in [6.07, 6.45) is 4.95. The molecular weight excluding hydrogens is 384 g/mol. The van der Waals surface area contributed by atoms with E-state index in [0.29, 0.717) is 29.6 Å². The van der Waals surface area contributed by atoms with E-state index >= 15 is 0 Å². The standard InChI is InChI=1S/C20H21ClN2O3S/c21-18-5-3-4-16(14-18)8-11-20(24)22-15-17-6-9-19(10-7-17)27(25,26)23-12-1-2-13-23/h3-11,14H,1-2,12-13,15H2,(H,22,24)/b11-8+. The van der Waals surface area contributed by atoms with Crippen molar-refractivity contribution in [3.63, 3.8) is 0 Å². The summed E-state index contributed by atoms with van der Waals surface area (Å²) in [6.45, 7) is 1.49. The molecule has 27 heavy (non-hydrogen) atoms. The minimum atomic E-state index is -3.41. The molecule has 3 rings (SSSR count). The van der Waals surface area contributed by atoms with Gasteiger partial charge in [-0.25, -0.2) is 8.42 Å². The Kier molecular flexibility index (Phi) is 6.31. The minimum absolute atomic E-state index is 0.233. The summed E-state index contributed by atoms with van der Waals surface area (Å²) in [6, 6.07) is 13.9. The second-order valence-corrected chi connectivity index (χ2v) is 8.74. The maximum Gasteiger partial charge on any atom is 0.244 e. The number of carbonyl (C=O) groups excluding carboxylic acids is 1. The van der Waals surface area contributed by atoms with Crippen molar-refractivity contribution < 1.29 is 13.2 Å². The fourth-order valence-corrected chi connectivity index (χ4v) is 4.60. The largest absolute Gasteiger partial charge is 0.348 e. The second-order valence-electron chi connectivity index (χ2n) is 6.36. The van der Waals surface area contributed by atoms with Crippen LogP contribution < -0.4 is 5.32 Å². The molecule has 7 heteroatoms. The molecular formula is C20H21ClN2O3S. The Morgan fingerprint density at radius 1 is 1.11 bits per heavy atom. The van der Waals surface area contributed by atoms with Crippen LogP contribution in [0.15, 0.2) is 59.5 Å². The van der Waals surface area contributed by atoms with Crippen LogP contribution in [0, 0.1) is 0 Å². The van der Waals surface area contributed by atoms with Gasteiger partial charge in [0.25, 0.3) is 0 Å². The van der Waals surface area contributed by atoms with Crippen LogP contribution in [0.1, 0.15) is 24.0 Å². The Morgan fingerprint density at radius 3 is 2.48 bits per heavy atom. The Balaban J connectivity index is 1.56. The maximum absolute atomic E-state index is 12.5. The maximum atomic E-state index is 12.5. The third-order valence-electron chi connectivity index (χ3n) is 4.37. The monoisotopic (exact) mass is 404 g/mol. The fourth-order valence-electron chi connectivity index (χ4n) is 2.89. The van der Waals surface area contributed by atoms with Crippen LogP contribution in [0.5, 0.6) is 0 Å². The zero-order valence-corrected chi connectivity index (χ0v) is 16.3. The number of nitrogens with one attached hydrogen (secondary N) is 1. The first-order valence-corrected chi connectivity index (χ1v) is 10.6. The van der Waals surface area contributed by atoms with Crippen molar-refractivity contribution in [2.75, 3.05) is 13.1 Å². The molecule has 2 aromatic carbocycles. The smallest absolute Gasteiger partial charge is 0.244 e. The van der Waals surface area contributed by atoms with Gasteiger partial charge in [0, 0.05) is 30.7 Å². The van der Waals surface area contributed by atoms with Crippen LogP contribution in [0.3, 0.4) is 0 Å². The molecule has 0 saturated carbocycles. The van der Waals surface area contributed by atoms with Crippen LogP contribution in [0.4, 0.5) is 0 Å². The van der Waals surface area contributed by atoms with E-state index in [1.165, 1.54) is 10.4 Å². The van der Waals surface area contributed by atoms with Crippen molar-refractivity contribution in [2.45, 2.75) is 24.3 Å². The first kappa shape index (κ1) is 19.6. The third-order valence-corrected chi connectivity index (χ3v) is 6.52. The van der Waals surface area contributed by atoms with E-state index in [1.54, 1.807) is 42.5 Å². The molecule has 1 aliphatic rings. The molecule has 142 valence electrons. The average molecular weight is 405 g/mol. The van der Waals surface area contributed by atoms with Crippen molar-refractivity contribution in [1.29, 1.82) is 0 Å². The normalized spacial score (nSPS) is 15.3. The van der Waals surface area contributed by atoms with Gasteiger partial charge >= 0.3 is 0 Å². The average Bonchev–Trinajstić information content (AvgIpc) is 3.21. The van der Waals surface area contributed by atoms with Crippen LogP contribution >= 0.6 is 11.6 Å². The lowest BCUT2D eigenvalue weighted by molar-refractivity contribution is -0.116. The summed E-state index contributed by atoms with van der Waals surface area (Å²) >= 11 is 5.91. The van der Waals surface area contributed by atoms with Gasteiger partial charge in [0.05, 0.1) is 4.90 Å². The molecule has 5 nitrogen and oxygen atoms in total. The molecule has 1 heterocycles. The van der Waals surface area contributed by atoms with E-state index in [2.05, 4.69) is 5.32 Å². The Labute approximate surface area is 164 Å². The molecule has 1 fully saturated rings. The summed E-state index contributed by atoms with van der Waals surface area (Å²) in [5.41, 5.74) is 1.67. The summed E-state index contributed by atoms with van der Waals surface area (Å²) in [5, 5.41) is 3.39. The predicted octanol–water partition coefficient (Wildman–Crippen LogP) is 3.45. The first-order chi connectivity index (χ1) is 12.9. The molecule has 0 aromatic heterocycles. The van der Waals surface area contributed by atoms with Crippen molar-refractivity contribution in [3.05, 3.63) is 70.8 Å². The van der Waals surface area contributed by atoms with E-state index in [9.17, 15) is 13.2 Å². The highest BCUT2D eigenvalue weighted by molar-refractivity contribution is 7.89. The highest BCUT2D eigenvalue weighted by Gasteiger charge is 2.26. The quantitative estimate of drug-likeness (QED) is 0.750. The van der Waals surface area contributed by atoms with E-state index in [4.69, 9.17) is 11.6 Å². The third kappa shape index (κ3) is 5.19. The molecule has 0 bridgehead atoms. The van der Waals surface area contributed by atoms with E-state index in [1.807, 2.05) is 12.1 Å². The molecule has 1 saturated heterocycles. The molecule has 0 unspecified atom stereocenters. The Hall–Kier alpha value is -2.15. The van der Waals surface area contributed by atoms with Gasteiger partial charge in [0.2, 0.25) is 15.9 Å². The van der Waals surface area contributed by atoms with Gasteiger partial charge < -0.3 is 5.32 Å². The van der Waals surface area contributed by atoms with Gasteiger partial charge in [-0.2, -0.15) is 4.31 Å². The van der Waals surface area contributed by atoms with Gasteiger partial charge in [-0.1, -0.05) is 35.9 Å². The van der Waals surface area contributed by atoms with E-state index in [-0.39, 0.29) is 5.91 Å². The molecule has 1 N–H and O–H groups in total. The van der Waals surface area contributed by atoms with Crippen molar-refractivity contribution in [3.8, 4) is 0 Å². The summed E-state index contributed by atoms with van der Waals surface area (Å²) in [4.78, 5) is 12.2. The number of hydrogen-bond acceptors (Lipinski definition) is 3. The zero-order chi connectivity index (χ0) is 19.3. The van der Waals surface area contributed by atoms with Crippen LogP contribution in [0.25, 0.3) is 6.08 Å². The van der Waals surface area contributed by atoms with Crippen molar-refractivity contribution in [1.82, 2.24) is 9.62 Å². The molecule has 1 aliphatic heterocycles. The van der Waals surface area contributed by atoms with Gasteiger partial charge in [0.1, 0.15) is 0 Å². The number of rotatable bonds is 6. The SMILES string of the molecule is O=C(/C=C/c1cccc(Cl)c1)NCc1ccc(S(=O)(=O)N2CCCC2)cc1. The second kappa shape index (κ2) is 8.69. The molecule has 2 aromatic rings. The summed E-state index contributed by atoms with van der Waals surface area (Å²) in [7, 11) is -3.41. The molecule has 0 radical (unpaired) electrons. The molecule has 0 spiro atoms. The van der Waals surface area contributed by atoms with Gasteiger partial charge in [-0.05, 0) is 54.3 Å². The summed E-state index contributed by atoms with van der Waals surface area (Å²) < 4.78 is 26.5. The van der Waals surface area contributed by atoms with Gasteiger partial charge in [-0.3, -0.25) is 4.79 Å². The summed E-state index contributed by atoms with van der Waals surface area (Å²) in [5.74, 6) is -0.233. The highest BCUT2D eigenvalue weighted by Crippen LogP contribution is 2.21. The van der Waals surface area contributed by atoms with Crippen molar-refractivity contribution >= 4 is 33.6 Å². The highest BCUT2D eigenvalue weighted by atomic mass is 35.5. The van der Waals surface area contributed by atoms with Crippen LogP contribution in [0.2, 0.25) is 5.02 Å². The predicted molar refractivity (Wildman–Crippen MR) is 107 cm³/mol. The zero-order valence-electron chi connectivity index (χ0n) is 14.8. The number of nitrogens with zero attached hydrogens (tertiary/aromatic N) is 1. The number of carbonyl (C=O) groups is 1. The lowest BCUT2D eigenvalue weighted by Gasteiger charge is -2.15. The van der Waals surface area contributed by atoms with Crippen LogP contribution in [-0.2, 0) is 21.4 Å². The minimum Gasteiger partial charge on any atom is -0.348 e. The number of hydrogen-bond donors (Lipinski definition) is 1. The van der Waals surface area contributed by atoms with Crippen molar-refractivity contribution in [2.24, 2.45) is 0 Å². The first-order valence-electron chi connectivity index (χ1n) is 8.76. The Bertz CT molecular complexity index is 934. The number of benzene rings is 2.